The molecule has 4 nitrogen and oxygen atoms in total. The Morgan fingerprint density at radius 3 is 1.64 bits per heavy atom. The molecule has 1 aromatic rings. The minimum atomic E-state index is -0.651. The summed E-state index contributed by atoms with van der Waals surface area (Å²) in [5.74, 6) is -2.46. The molecule has 5 heteroatoms. The van der Waals surface area contributed by atoms with Crippen LogP contribution in [0.5, 0.6) is 23.0 Å². The molecular formula is C6H5ClO4. The Labute approximate surface area is 66.9 Å². The smallest absolute Gasteiger partial charge is 0.180 e. The Bertz CT molecular complexity index is 271. The summed E-state index contributed by atoms with van der Waals surface area (Å²) in [7, 11) is 0. The van der Waals surface area contributed by atoms with Gasteiger partial charge in [0.2, 0.25) is 0 Å². The van der Waals surface area contributed by atoms with Gasteiger partial charge in [0.15, 0.2) is 23.0 Å². The number of halogens is 1. The number of hydrogen-bond donors (Lipinski definition) is 4. The van der Waals surface area contributed by atoms with E-state index in [-0.39, 0.29) is 0 Å². The average Bonchev–Trinajstić information content (AvgIpc) is 1.97. The first-order valence-corrected chi connectivity index (χ1v) is 3.04. The normalized spacial score (nSPS) is 9.91. The average molecular weight is 177 g/mol. The summed E-state index contributed by atoms with van der Waals surface area (Å²) >= 11 is 5.27. The summed E-state index contributed by atoms with van der Waals surface area (Å²) in [4.78, 5) is 0. The molecule has 4 N–H and O–H groups in total. The molecule has 0 heterocycles. The van der Waals surface area contributed by atoms with Gasteiger partial charge in [-0.25, -0.2) is 0 Å². The molecule has 1 aromatic carbocycles. The summed E-state index contributed by atoms with van der Waals surface area (Å²) in [5, 5.41) is 34.8. The van der Waals surface area contributed by atoms with Crippen LogP contribution in [0.2, 0.25) is 5.02 Å². The van der Waals surface area contributed by atoms with Crippen LogP contribution in [0.25, 0.3) is 0 Å². The highest BCUT2D eigenvalue weighted by atomic mass is 35.5. The van der Waals surface area contributed by atoms with Crippen LogP contribution in [0, 0.1) is 0 Å². The van der Waals surface area contributed by atoms with Gasteiger partial charge < -0.3 is 20.4 Å². The van der Waals surface area contributed by atoms with Gasteiger partial charge in [0.1, 0.15) is 5.02 Å². The van der Waals surface area contributed by atoms with Crippen molar-refractivity contribution in [1.82, 2.24) is 0 Å². The van der Waals surface area contributed by atoms with Crippen LogP contribution in [0.4, 0.5) is 0 Å². The fourth-order valence-electron chi connectivity index (χ4n) is 0.603. The zero-order valence-electron chi connectivity index (χ0n) is 5.24. The van der Waals surface area contributed by atoms with Crippen LogP contribution in [0.15, 0.2) is 6.07 Å². The van der Waals surface area contributed by atoms with Gasteiger partial charge in [0.05, 0.1) is 0 Å². The molecule has 60 valence electrons. The van der Waals surface area contributed by atoms with E-state index in [1.54, 1.807) is 0 Å². The van der Waals surface area contributed by atoms with E-state index in [0.717, 1.165) is 6.07 Å². The third-order valence-electron chi connectivity index (χ3n) is 1.17. The number of hydrogen-bond acceptors (Lipinski definition) is 4. The van der Waals surface area contributed by atoms with E-state index < -0.39 is 28.0 Å². The van der Waals surface area contributed by atoms with Gasteiger partial charge in [0, 0.05) is 6.07 Å². The summed E-state index contributed by atoms with van der Waals surface area (Å²) in [6.07, 6.45) is 0. The summed E-state index contributed by atoms with van der Waals surface area (Å²) < 4.78 is 0. The Balaban J connectivity index is 3.46. The molecule has 1 rings (SSSR count). The van der Waals surface area contributed by atoms with E-state index in [0.29, 0.717) is 0 Å². The van der Waals surface area contributed by atoms with Crippen molar-refractivity contribution in [3.05, 3.63) is 11.1 Å². The predicted molar refractivity (Wildman–Crippen MR) is 38.1 cm³/mol. The minimum absolute atomic E-state index is 0.470. The fraction of sp³-hybridized carbons (Fsp3) is 0. The van der Waals surface area contributed by atoms with Crippen LogP contribution in [0.1, 0.15) is 0 Å². The van der Waals surface area contributed by atoms with Crippen LogP contribution >= 0.6 is 11.6 Å². The van der Waals surface area contributed by atoms with Gasteiger partial charge in [-0.05, 0) is 0 Å². The van der Waals surface area contributed by atoms with Gasteiger partial charge in [-0.1, -0.05) is 11.6 Å². The second kappa shape index (κ2) is 2.39. The first-order chi connectivity index (χ1) is 5.04. The third-order valence-corrected chi connectivity index (χ3v) is 1.53. The minimum Gasteiger partial charge on any atom is -0.504 e. The molecule has 0 aliphatic carbocycles. The Morgan fingerprint density at radius 2 is 1.27 bits per heavy atom. The monoisotopic (exact) mass is 176 g/mol. The maximum Gasteiger partial charge on any atom is 0.180 e. The molecule has 0 aliphatic heterocycles. The van der Waals surface area contributed by atoms with Crippen molar-refractivity contribution in [2.24, 2.45) is 0 Å². The Kier molecular flexibility index (Phi) is 1.70. The van der Waals surface area contributed by atoms with E-state index in [1.807, 2.05) is 0 Å². The SMILES string of the molecule is Oc1cc(O)c(O)c(Cl)c1O. The zero-order chi connectivity index (χ0) is 8.59. The first kappa shape index (κ1) is 7.81. The zero-order valence-corrected chi connectivity index (χ0v) is 6.00. The highest BCUT2D eigenvalue weighted by Gasteiger charge is 2.13. The second-order valence-electron chi connectivity index (χ2n) is 1.93. The van der Waals surface area contributed by atoms with Crippen LogP contribution in [-0.2, 0) is 0 Å². The second-order valence-corrected chi connectivity index (χ2v) is 2.30. The van der Waals surface area contributed by atoms with Crippen molar-refractivity contribution in [3.8, 4) is 23.0 Å². The van der Waals surface area contributed by atoms with Crippen LogP contribution < -0.4 is 0 Å². The largest absolute Gasteiger partial charge is 0.504 e. The fourth-order valence-corrected chi connectivity index (χ4v) is 0.797. The summed E-state index contributed by atoms with van der Waals surface area (Å²) in [5.41, 5.74) is 0. The Morgan fingerprint density at radius 1 is 0.909 bits per heavy atom. The van der Waals surface area contributed by atoms with E-state index >= 15 is 0 Å². The van der Waals surface area contributed by atoms with Crippen LogP contribution in [0.3, 0.4) is 0 Å². The van der Waals surface area contributed by atoms with E-state index in [2.05, 4.69) is 0 Å². The van der Waals surface area contributed by atoms with Gasteiger partial charge in [-0.3, -0.25) is 0 Å². The van der Waals surface area contributed by atoms with Gasteiger partial charge in [-0.2, -0.15) is 0 Å². The number of rotatable bonds is 0. The standard InChI is InChI=1S/C6H5ClO4/c7-4-5(10)2(8)1-3(9)6(4)11/h1,8-11H. The molecule has 0 radical (unpaired) electrons. The lowest BCUT2D eigenvalue weighted by Gasteiger charge is -2.03. The Hall–Kier alpha value is -1.29. The maximum absolute atomic E-state index is 8.86. The van der Waals surface area contributed by atoms with E-state index in [1.165, 1.54) is 0 Å². The number of phenolic OH excluding ortho intramolecular Hbond substituents is 4. The van der Waals surface area contributed by atoms with Crippen molar-refractivity contribution in [2.75, 3.05) is 0 Å². The molecule has 11 heavy (non-hydrogen) atoms. The van der Waals surface area contributed by atoms with E-state index in [4.69, 9.17) is 32.0 Å². The molecule has 0 fully saturated rings. The van der Waals surface area contributed by atoms with Gasteiger partial charge in [-0.15, -0.1) is 0 Å². The molecule has 0 spiro atoms. The maximum atomic E-state index is 8.86. The lowest BCUT2D eigenvalue weighted by Crippen LogP contribution is -1.74. The molecule has 0 amide bonds. The predicted octanol–water partition coefficient (Wildman–Crippen LogP) is 1.16. The van der Waals surface area contributed by atoms with Crippen molar-refractivity contribution in [2.45, 2.75) is 0 Å². The molecule has 0 saturated heterocycles. The van der Waals surface area contributed by atoms with Crippen molar-refractivity contribution < 1.29 is 20.4 Å². The number of benzene rings is 1. The summed E-state index contributed by atoms with van der Waals surface area (Å²) in [6.45, 7) is 0. The van der Waals surface area contributed by atoms with Crippen LogP contribution in [-0.4, -0.2) is 20.4 Å². The molecule has 0 unspecified atom stereocenters. The van der Waals surface area contributed by atoms with Gasteiger partial charge >= 0.3 is 0 Å². The molecule has 0 aromatic heterocycles. The number of phenols is 4. The quantitative estimate of drug-likeness (QED) is 0.353. The molecule has 0 aliphatic rings. The van der Waals surface area contributed by atoms with Gasteiger partial charge in [0.25, 0.3) is 0 Å². The topological polar surface area (TPSA) is 80.9 Å². The number of aromatic hydroxyl groups is 4. The molecule has 0 saturated carbocycles. The van der Waals surface area contributed by atoms with Crippen molar-refractivity contribution in [3.63, 3.8) is 0 Å². The van der Waals surface area contributed by atoms with Crippen molar-refractivity contribution in [1.29, 1.82) is 0 Å². The first-order valence-electron chi connectivity index (χ1n) is 2.66. The van der Waals surface area contributed by atoms with Crippen molar-refractivity contribution >= 4 is 11.6 Å². The lowest BCUT2D eigenvalue weighted by atomic mass is 10.3. The molecule has 0 bridgehead atoms. The molecular weight excluding hydrogens is 172 g/mol. The highest BCUT2D eigenvalue weighted by Crippen LogP contribution is 2.44. The lowest BCUT2D eigenvalue weighted by molar-refractivity contribution is 0.373. The highest BCUT2D eigenvalue weighted by molar-refractivity contribution is 6.33. The van der Waals surface area contributed by atoms with E-state index in [9.17, 15) is 0 Å². The summed E-state index contributed by atoms with van der Waals surface area (Å²) in [6, 6.07) is 0.788. The molecule has 0 atom stereocenters. The third kappa shape index (κ3) is 1.12.